The summed E-state index contributed by atoms with van der Waals surface area (Å²) in [6, 6.07) is 6.27. The molecule has 0 heterocycles. The molecule has 0 aromatic heterocycles. The van der Waals surface area contributed by atoms with Crippen molar-refractivity contribution in [2.24, 2.45) is 0 Å². The fourth-order valence-electron chi connectivity index (χ4n) is 2.48. The molecule has 104 valence electrons. The summed E-state index contributed by atoms with van der Waals surface area (Å²) in [7, 11) is 0. The average Bonchev–Trinajstić information content (AvgIpc) is 2.87. The van der Waals surface area contributed by atoms with Crippen LogP contribution in [0.15, 0.2) is 18.2 Å². The van der Waals surface area contributed by atoms with Crippen LogP contribution in [0, 0.1) is 13.8 Å². The van der Waals surface area contributed by atoms with Crippen LogP contribution in [0.3, 0.4) is 0 Å². The topological polar surface area (TPSA) is 38.3 Å². The Bertz CT molecular complexity index is 450. The molecule has 0 aliphatic heterocycles. The van der Waals surface area contributed by atoms with Crippen LogP contribution < -0.4 is 10.1 Å². The third-order valence-corrected chi connectivity index (χ3v) is 3.93. The van der Waals surface area contributed by atoms with E-state index in [1.54, 1.807) is 0 Å². The first-order valence-corrected chi connectivity index (χ1v) is 7.11. The van der Waals surface area contributed by atoms with E-state index < -0.39 is 6.10 Å². The normalized spacial score (nSPS) is 17.2. The van der Waals surface area contributed by atoms with Crippen molar-refractivity contribution in [3.63, 3.8) is 0 Å². The summed E-state index contributed by atoms with van der Waals surface area (Å²) in [5, 5.41) is 3.07. The van der Waals surface area contributed by atoms with E-state index in [0.717, 1.165) is 24.2 Å². The molecule has 0 radical (unpaired) electrons. The number of carbonyl (C=O) groups is 1. The SMILES string of the molecule is Cc1cccc(O[C@H](C)C(=O)NC2CCCC2)c1C. The predicted molar refractivity (Wildman–Crippen MR) is 76.4 cm³/mol. The Hall–Kier alpha value is -1.51. The molecular formula is C16H23NO2. The number of carbonyl (C=O) groups excluding carboxylic acids is 1. The van der Waals surface area contributed by atoms with Crippen LogP contribution in [0.1, 0.15) is 43.7 Å². The summed E-state index contributed by atoms with van der Waals surface area (Å²) in [4.78, 5) is 12.1. The minimum absolute atomic E-state index is 0.00666. The Labute approximate surface area is 115 Å². The Balaban J connectivity index is 1.94. The fraction of sp³-hybridized carbons (Fsp3) is 0.562. The number of nitrogens with one attached hydrogen (secondary N) is 1. The van der Waals surface area contributed by atoms with Crippen molar-refractivity contribution in [1.82, 2.24) is 5.32 Å². The van der Waals surface area contributed by atoms with Gasteiger partial charge in [-0.1, -0.05) is 25.0 Å². The van der Waals surface area contributed by atoms with Gasteiger partial charge in [0, 0.05) is 6.04 Å². The van der Waals surface area contributed by atoms with Gasteiger partial charge in [0.05, 0.1) is 0 Å². The lowest BCUT2D eigenvalue weighted by atomic mass is 10.1. The van der Waals surface area contributed by atoms with Crippen molar-refractivity contribution >= 4 is 5.91 Å². The highest BCUT2D eigenvalue weighted by molar-refractivity contribution is 5.81. The fourth-order valence-corrected chi connectivity index (χ4v) is 2.48. The van der Waals surface area contributed by atoms with Crippen LogP contribution in [-0.2, 0) is 4.79 Å². The summed E-state index contributed by atoms with van der Waals surface area (Å²) in [6.07, 6.45) is 4.19. The molecule has 0 unspecified atom stereocenters. The van der Waals surface area contributed by atoms with Gasteiger partial charge in [-0.3, -0.25) is 4.79 Å². The molecule has 1 aromatic rings. The molecule has 3 nitrogen and oxygen atoms in total. The summed E-state index contributed by atoms with van der Waals surface area (Å²) >= 11 is 0. The van der Waals surface area contributed by atoms with Gasteiger partial charge in [0.25, 0.3) is 5.91 Å². The van der Waals surface area contributed by atoms with Crippen LogP contribution in [0.25, 0.3) is 0 Å². The van der Waals surface area contributed by atoms with E-state index in [1.807, 2.05) is 39.0 Å². The van der Waals surface area contributed by atoms with Crippen molar-refractivity contribution in [2.45, 2.75) is 58.6 Å². The van der Waals surface area contributed by atoms with E-state index in [0.29, 0.717) is 6.04 Å². The van der Waals surface area contributed by atoms with Gasteiger partial charge in [0.2, 0.25) is 0 Å². The molecule has 1 fully saturated rings. The largest absolute Gasteiger partial charge is 0.481 e. The number of benzene rings is 1. The maximum Gasteiger partial charge on any atom is 0.260 e. The molecule has 1 amide bonds. The molecule has 1 aromatic carbocycles. The Kier molecular flexibility index (Phi) is 4.46. The minimum atomic E-state index is -0.443. The lowest BCUT2D eigenvalue weighted by Gasteiger charge is -2.19. The molecule has 1 atom stereocenters. The van der Waals surface area contributed by atoms with E-state index in [9.17, 15) is 4.79 Å². The van der Waals surface area contributed by atoms with Crippen molar-refractivity contribution in [2.75, 3.05) is 0 Å². The average molecular weight is 261 g/mol. The van der Waals surface area contributed by atoms with Crippen LogP contribution in [0.5, 0.6) is 5.75 Å². The molecule has 19 heavy (non-hydrogen) atoms. The molecule has 2 rings (SSSR count). The molecule has 0 bridgehead atoms. The third-order valence-electron chi connectivity index (χ3n) is 3.93. The van der Waals surface area contributed by atoms with Gasteiger partial charge in [-0.25, -0.2) is 0 Å². The summed E-state index contributed by atoms with van der Waals surface area (Å²) < 4.78 is 5.79. The summed E-state index contributed by atoms with van der Waals surface area (Å²) in [5.41, 5.74) is 2.28. The van der Waals surface area contributed by atoms with E-state index in [-0.39, 0.29) is 5.91 Å². The first kappa shape index (κ1) is 13.9. The quantitative estimate of drug-likeness (QED) is 0.904. The zero-order valence-corrected chi connectivity index (χ0v) is 12.0. The molecular weight excluding hydrogens is 238 g/mol. The Morgan fingerprint density at radius 1 is 1.32 bits per heavy atom. The van der Waals surface area contributed by atoms with Gasteiger partial charge in [-0.2, -0.15) is 0 Å². The van der Waals surface area contributed by atoms with Gasteiger partial charge in [0.1, 0.15) is 5.75 Å². The smallest absolute Gasteiger partial charge is 0.260 e. The van der Waals surface area contributed by atoms with Crippen molar-refractivity contribution in [3.05, 3.63) is 29.3 Å². The van der Waals surface area contributed by atoms with E-state index >= 15 is 0 Å². The molecule has 0 spiro atoms. The van der Waals surface area contributed by atoms with Crippen LogP contribution in [0.4, 0.5) is 0 Å². The van der Waals surface area contributed by atoms with E-state index in [4.69, 9.17) is 4.74 Å². The molecule has 1 aliphatic carbocycles. The highest BCUT2D eigenvalue weighted by Crippen LogP contribution is 2.22. The number of amides is 1. The summed E-state index contributed by atoms with van der Waals surface area (Å²) in [5.74, 6) is 0.793. The zero-order valence-electron chi connectivity index (χ0n) is 12.0. The van der Waals surface area contributed by atoms with Gasteiger partial charge < -0.3 is 10.1 Å². The zero-order chi connectivity index (χ0) is 13.8. The second-order valence-corrected chi connectivity index (χ2v) is 5.45. The highest BCUT2D eigenvalue weighted by Gasteiger charge is 2.22. The maximum atomic E-state index is 12.1. The predicted octanol–water partition coefficient (Wildman–Crippen LogP) is 3.13. The van der Waals surface area contributed by atoms with Gasteiger partial charge >= 0.3 is 0 Å². The summed E-state index contributed by atoms with van der Waals surface area (Å²) in [6.45, 7) is 5.88. The maximum absolute atomic E-state index is 12.1. The highest BCUT2D eigenvalue weighted by atomic mass is 16.5. The number of aryl methyl sites for hydroxylation is 1. The number of hydrogen-bond donors (Lipinski definition) is 1. The van der Waals surface area contributed by atoms with Gasteiger partial charge in [-0.05, 0) is 50.8 Å². The molecule has 1 N–H and O–H groups in total. The van der Waals surface area contributed by atoms with Crippen molar-refractivity contribution in [3.8, 4) is 5.75 Å². The standard InChI is InChI=1S/C16H23NO2/c1-11-7-6-10-15(12(11)2)19-13(3)16(18)17-14-8-4-5-9-14/h6-7,10,13-14H,4-5,8-9H2,1-3H3,(H,17,18)/t13-/m1/s1. The molecule has 1 saturated carbocycles. The molecule has 3 heteroatoms. The first-order chi connectivity index (χ1) is 9.08. The van der Waals surface area contributed by atoms with Gasteiger partial charge in [0.15, 0.2) is 6.10 Å². The van der Waals surface area contributed by atoms with Crippen molar-refractivity contribution in [1.29, 1.82) is 0 Å². The van der Waals surface area contributed by atoms with Crippen LogP contribution in [0.2, 0.25) is 0 Å². The monoisotopic (exact) mass is 261 g/mol. The second-order valence-electron chi connectivity index (χ2n) is 5.45. The Morgan fingerprint density at radius 2 is 2.00 bits per heavy atom. The molecule has 1 aliphatic rings. The second kappa shape index (κ2) is 6.09. The lowest BCUT2D eigenvalue weighted by Crippen LogP contribution is -2.41. The lowest BCUT2D eigenvalue weighted by molar-refractivity contribution is -0.127. The van der Waals surface area contributed by atoms with Crippen LogP contribution in [-0.4, -0.2) is 18.1 Å². The van der Waals surface area contributed by atoms with Gasteiger partial charge in [-0.15, -0.1) is 0 Å². The third kappa shape index (κ3) is 3.49. The minimum Gasteiger partial charge on any atom is -0.481 e. The number of ether oxygens (including phenoxy) is 1. The van der Waals surface area contributed by atoms with Crippen LogP contribution >= 0.6 is 0 Å². The van der Waals surface area contributed by atoms with Crippen molar-refractivity contribution < 1.29 is 9.53 Å². The number of rotatable bonds is 4. The number of hydrogen-bond acceptors (Lipinski definition) is 2. The van der Waals surface area contributed by atoms with E-state index in [2.05, 4.69) is 5.32 Å². The molecule has 0 saturated heterocycles. The van der Waals surface area contributed by atoms with E-state index in [1.165, 1.54) is 18.4 Å². The first-order valence-electron chi connectivity index (χ1n) is 7.11. The Morgan fingerprint density at radius 3 is 2.68 bits per heavy atom.